The molecule has 3 nitrogen and oxygen atoms in total. The van der Waals surface area contributed by atoms with Crippen LogP contribution < -0.4 is 10.1 Å². The van der Waals surface area contributed by atoms with Crippen LogP contribution in [0.15, 0.2) is 47.2 Å². The molecular weight excluding hydrogens is 292 g/mol. The van der Waals surface area contributed by atoms with Gasteiger partial charge in [0.1, 0.15) is 10.4 Å². The minimum Gasteiger partial charge on any atom is -0.497 e. The largest absolute Gasteiger partial charge is 0.497 e. The van der Waals surface area contributed by atoms with Crippen molar-refractivity contribution in [2.75, 3.05) is 12.4 Å². The first kappa shape index (κ1) is 12.9. The molecule has 0 aliphatic heterocycles. The van der Waals surface area contributed by atoms with Crippen molar-refractivity contribution in [2.45, 2.75) is 13.0 Å². The average molecular weight is 307 g/mol. The number of benzene rings is 1. The number of aromatic nitrogens is 1. The molecule has 1 atom stereocenters. The topological polar surface area (TPSA) is 34.1 Å². The zero-order valence-corrected chi connectivity index (χ0v) is 11.9. The minimum atomic E-state index is 0.197. The van der Waals surface area contributed by atoms with Gasteiger partial charge in [-0.05, 0) is 52.7 Å². The molecule has 0 fully saturated rings. The summed E-state index contributed by atoms with van der Waals surface area (Å²) in [6, 6.07) is 12.2. The maximum absolute atomic E-state index is 5.22. The van der Waals surface area contributed by atoms with E-state index in [1.54, 1.807) is 13.3 Å². The summed E-state index contributed by atoms with van der Waals surface area (Å²) in [7, 11) is 1.68. The number of hydrogen-bond acceptors (Lipinski definition) is 3. The molecule has 0 aliphatic carbocycles. The number of ether oxygens (including phenoxy) is 1. The summed E-state index contributed by atoms with van der Waals surface area (Å²) in [6.45, 7) is 2.11. The fourth-order valence-electron chi connectivity index (χ4n) is 1.71. The molecule has 1 unspecified atom stereocenters. The summed E-state index contributed by atoms with van der Waals surface area (Å²) in [5, 5.41) is 3.40. The van der Waals surface area contributed by atoms with Crippen molar-refractivity contribution in [2.24, 2.45) is 0 Å². The van der Waals surface area contributed by atoms with Gasteiger partial charge in [0.25, 0.3) is 0 Å². The van der Waals surface area contributed by atoms with Gasteiger partial charge in [0, 0.05) is 6.04 Å². The Morgan fingerprint density at radius 1 is 1.28 bits per heavy atom. The molecule has 0 saturated carbocycles. The van der Waals surface area contributed by atoms with E-state index in [2.05, 4.69) is 39.2 Å². The monoisotopic (exact) mass is 306 g/mol. The lowest BCUT2D eigenvalue weighted by Crippen LogP contribution is -2.06. The van der Waals surface area contributed by atoms with Gasteiger partial charge in [-0.2, -0.15) is 0 Å². The highest BCUT2D eigenvalue weighted by molar-refractivity contribution is 9.10. The quantitative estimate of drug-likeness (QED) is 0.866. The third kappa shape index (κ3) is 3.23. The van der Waals surface area contributed by atoms with Crippen molar-refractivity contribution in [1.82, 2.24) is 4.98 Å². The van der Waals surface area contributed by atoms with Gasteiger partial charge in [-0.15, -0.1) is 0 Å². The number of nitrogens with one attached hydrogen (secondary N) is 1. The van der Waals surface area contributed by atoms with Crippen molar-refractivity contribution in [3.63, 3.8) is 0 Å². The fourth-order valence-corrected chi connectivity index (χ4v) is 1.94. The predicted octanol–water partition coefficient (Wildman–Crippen LogP) is 4.03. The van der Waals surface area contributed by atoms with Gasteiger partial charge in [-0.1, -0.05) is 12.1 Å². The number of halogens is 1. The highest BCUT2D eigenvalue weighted by atomic mass is 79.9. The van der Waals surface area contributed by atoms with E-state index in [0.717, 1.165) is 16.0 Å². The molecule has 1 aromatic heterocycles. The zero-order valence-electron chi connectivity index (χ0n) is 10.4. The van der Waals surface area contributed by atoms with Gasteiger partial charge >= 0.3 is 0 Å². The maximum Gasteiger partial charge on any atom is 0.119 e. The van der Waals surface area contributed by atoms with Gasteiger partial charge in [0.15, 0.2) is 0 Å². The van der Waals surface area contributed by atoms with Crippen molar-refractivity contribution in [3.05, 3.63) is 52.8 Å². The van der Waals surface area contributed by atoms with E-state index in [0.29, 0.717) is 0 Å². The van der Waals surface area contributed by atoms with Crippen LogP contribution in [0.2, 0.25) is 0 Å². The molecular formula is C14H15BrN2O. The van der Waals surface area contributed by atoms with Crippen molar-refractivity contribution >= 4 is 21.6 Å². The average Bonchev–Trinajstić information content (AvgIpc) is 2.41. The van der Waals surface area contributed by atoms with Crippen LogP contribution in [0.4, 0.5) is 5.69 Å². The molecule has 18 heavy (non-hydrogen) atoms. The fraction of sp³-hybridized carbons (Fsp3) is 0.214. The first-order valence-corrected chi connectivity index (χ1v) is 6.50. The van der Waals surface area contributed by atoms with Crippen LogP contribution in [0.3, 0.4) is 0 Å². The van der Waals surface area contributed by atoms with E-state index < -0.39 is 0 Å². The van der Waals surface area contributed by atoms with Gasteiger partial charge in [-0.25, -0.2) is 4.98 Å². The second kappa shape index (κ2) is 5.87. The molecule has 0 bridgehead atoms. The van der Waals surface area contributed by atoms with Crippen molar-refractivity contribution in [1.29, 1.82) is 0 Å². The van der Waals surface area contributed by atoms with Crippen LogP contribution in [0.5, 0.6) is 5.75 Å². The van der Waals surface area contributed by atoms with E-state index in [1.165, 1.54) is 5.56 Å². The number of rotatable bonds is 4. The van der Waals surface area contributed by atoms with Crippen LogP contribution >= 0.6 is 15.9 Å². The molecule has 0 saturated heterocycles. The molecule has 1 heterocycles. The smallest absolute Gasteiger partial charge is 0.119 e. The molecule has 4 heteroatoms. The van der Waals surface area contributed by atoms with Gasteiger partial charge in [0.2, 0.25) is 0 Å². The number of pyridine rings is 1. The van der Waals surface area contributed by atoms with E-state index in [9.17, 15) is 0 Å². The SMILES string of the molecule is COc1cccc(C(C)Nc2ccc(Br)nc2)c1. The lowest BCUT2D eigenvalue weighted by atomic mass is 10.1. The second-order valence-electron chi connectivity index (χ2n) is 4.01. The Balaban J connectivity index is 2.11. The summed E-state index contributed by atoms with van der Waals surface area (Å²) in [5.41, 5.74) is 2.17. The standard InChI is InChI=1S/C14H15BrN2O/c1-10(11-4-3-5-13(8-11)18-2)17-12-6-7-14(15)16-9-12/h3-10,17H,1-2H3. The molecule has 0 amide bonds. The van der Waals surface area contributed by atoms with Crippen LogP contribution in [0.25, 0.3) is 0 Å². The summed E-state index contributed by atoms with van der Waals surface area (Å²) in [4.78, 5) is 4.19. The molecule has 2 rings (SSSR count). The molecule has 1 aromatic carbocycles. The molecule has 0 spiro atoms. The van der Waals surface area contributed by atoms with Gasteiger partial charge < -0.3 is 10.1 Å². The number of nitrogens with zero attached hydrogens (tertiary/aromatic N) is 1. The molecule has 0 radical (unpaired) electrons. The third-order valence-electron chi connectivity index (χ3n) is 2.70. The van der Waals surface area contributed by atoms with Crippen LogP contribution in [-0.2, 0) is 0 Å². The summed E-state index contributed by atoms with van der Waals surface area (Å²) in [6.07, 6.45) is 1.81. The van der Waals surface area contributed by atoms with Crippen molar-refractivity contribution < 1.29 is 4.74 Å². The van der Waals surface area contributed by atoms with Crippen LogP contribution in [-0.4, -0.2) is 12.1 Å². The third-order valence-corrected chi connectivity index (χ3v) is 3.17. The Hall–Kier alpha value is -1.55. The summed E-state index contributed by atoms with van der Waals surface area (Å²) >= 11 is 3.32. The first-order valence-electron chi connectivity index (χ1n) is 5.71. The number of anilines is 1. The molecule has 2 aromatic rings. The highest BCUT2D eigenvalue weighted by Crippen LogP contribution is 2.22. The highest BCUT2D eigenvalue weighted by Gasteiger charge is 2.06. The summed E-state index contributed by atoms with van der Waals surface area (Å²) in [5.74, 6) is 0.870. The maximum atomic E-state index is 5.22. The summed E-state index contributed by atoms with van der Waals surface area (Å²) < 4.78 is 6.06. The number of methoxy groups -OCH3 is 1. The molecule has 1 N–H and O–H groups in total. The second-order valence-corrected chi connectivity index (χ2v) is 4.82. The Kier molecular flexibility index (Phi) is 4.20. The predicted molar refractivity (Wildman–Crippen MR) is 77.0 cm³/mol. The normalized spacial score (nSPS) is 11.9. The van der Waals surface area contributed by atoms with E-state index in [1.807, 2.05) is 30.3 Å². The molecule has 94 valence electrons. The minimum absolute atomic E-state index is 0.197. The first-order chi connectivity index (χ1) is 8.69. The number of hydrogen-bond donors (Lipinski definition) is 1. The Morgan fingerprint density at radius 3 is 2.78 bits per heavy atom. The van der Waals surface area contributed by atoms with E-state index in [4.69, 9.17) is 4.74 Å². The lowest BCUT2D eigenvalue weighted by molar-refractivity contribution is 0.414. The Bertz CT molecular complexity index is 513. The van der Waals surface area contributed by atoms with Crippen molar-refractivity contribution in [3.8, 4) is 5.75 Å². The Labute approximate surface area is 115 Å². The molecule has 0 aliphatic rings. The van der Waals surface area contributed by atoms with Gasteiger partial charge in [-0.3, -0.25) is 0 Å². The van der Waals surface area contributed by atoms with Crippen LogP contribution in [0, 0.1) is 0 Å². The van der Waals surface area contributed by atoms with Crippen LogP contribution in [0.1, 0.15) is 18.5 Å². The van der Waals surface area contributed by atoms with Gasteiger partial charge in [0.05, 0.1) is 19.0 Å². The Morgan fingerprint density at radius 2 is 2.11 bits per heavy atom. The van der Waals surface area contributed by atoms with E-state index >= 15 is 0 Å². The lowest BCUT2D eigenvalue weighted by Gasteiger charge is -2.16. The zero-order chi connectivity index (χ0) is 13.0. The van der Waals surface area contributed by atoms with E-state index in [-0.39, 0.29) is 6.04 Å².